The third-order valence-electron chi connectivity index (χ3n) is 3.69. The summed E-state index contributed by atoms with van der Waals surface area (Å²) < 4.78 is 4.64. The summed E-state index contributed by atoms with van der Waals surface area (Å²) in [7, 11) is 1.28. The first-order valence-electron chi connectivity index (χ1n) is 7.06. The van der Waals surface area contributed by atoms with Gasteiger partial charge >= 0.3 is 5.97 Å². The van der Waals surface area contributed by atoms with E-state index in [-0.39, 0.29) is 26.3 Å². The highest BCUT2D eigenvalue weighted by atomic mass is 16.5. The highest BCUT2D eigenvalue weighted by molar-refractivity contribution is 5.82. The fourth-order valence-electron chi connectivity index (χ4n) is 2.68. The fraction of sp³-hybridized carbons (Fsp3) is 0.786. The van der Waals surface area contributed by atoms with Crippen molar-refractivity contribution in [2.24, 2.45) is 0 Å². The van der Waals surface area contributed by atoms with Crippen molar-refractivity contribution >= 4 is 5.97 Å². The van der Waals surface area contributed by atoms with E-state index >= 15 is 0 Å². The normalized spacial score (nSPS) is 18.7. The second-order valence-corrected chi connectivity index (χ2v) is 5.08. The number of carbonyl (C=O) groups excluding carboxylic acids is 1. The lowest BCUT2D eigenvalue weighted by Crippen LogP contribution is -2.44. The zero-order chi connectivity index (χ0) is 15.0. The Morgan fingerprint density at radius 1 is 1.20 bits per heavy atom. The van der Waals surface area contributed by atoms with E-state index in [1.54, 1.807) is 4.90 Å². The highest BCUT2D eigenvalue weighted by Gasteiger charge is 2.36. The number of aliphatic hydroxyl groups excluding tert-OH is 2. The Bertz CT molecular complexity index is 330. The Hall–Kier alpha value is -1.11. The Labute approximate surface area is 119 Å². The van der Waals surface area contributed by atoms with Crippen LogP contribution in [0.3, 0.4) is 0 Å². The molecule has 6 nitrogen and oxygen atoms in total. The monoisotopic (exact) mass is 287 g/mol. The number of aliphatic hydroxyl groups is 3. The molecule has 1 rings (SSSR count). The Morgan fingerprint density at radius 3 is 2.20 bits per heavy atom. The molecule has 1 aliphatic rings. The van der Waals surface area contributed by atoms with Gasteiger partial charge in [-0.3, -0.25) is 0 Å². The van der Waals surface area contributed by atoms with Gasteiger partial charge in [0, 0.05) is 19.2 Å². The maximum absolute atomic E-state index is 11.6. The molecule has 0 unspecified atom stereocenters. The van der Waals surface area contributed by atoms with Crippen LogP contribution < -0.4 is 0 Å². The number of carbonyl (C=O) groups is 1. The second kappa shape index (κ2) is 8.24. The average Bonchev–Trinajstić information content (AvgIpc) is 2.45. The van der Waals surface area contributed by atoms with Crippen molar-refractivity contribution in [1.82, 2.24) is 4.90 Å². The van der Waals surface area contributed by atoms with Gasteiger partial charge in [-0.15, -0.1) is 0 Å². The maximum atomic E-state index is 11.6. The predicted octanol–water partition coefficient (Wildman–Crippen LogP) is 0.0251. The maximum Gasteiger partial charge on any atom is 0.332 e. The van der Waals surface area contributed by atoms with Gasteiger partial charge in [-0.05, 0) is 12.8 Å². The van der Waals surface area contributed by atoms with E-state index in [2.05, 4.69) is 4.74 Å². The highest BCUT2D eigenvalue weighted by Crippen LogP contribution is 2.35. The molecule has 0 aromatic carbocycles. The summed E-state index contributed by atoms with van der Waals surface area (Å²) in [5.41, 5.74) is -0.649. The lowest BCUT2D eigenvalue weighted by Gasteiger charge is -2.40. The van der Waals surface area contributed by atoms with Crippen molar-refractivity contribution in [2.75, 3.05) is 33.4 Å². The minimum Gasteiger partial charge on any atom is -0.466 e. The molecule has 0 radical (unpaired) electrons. The molecule has 0 spiro atoms. The van der Waals surface area contributed by atoms with Gasteiger partial charge in [0.15, 0.2) is 0 Å². The van der Waals surface area contributed by atoms with E-state index in [0.717, 1.165) is 19.3 Å². The molecule has 0 atom stereocenters. The van der Waals surface area contributed by atoms with E-state index in [1.165, 1.54) is 13.2 Å². The second-order valence-electron chi connectivity index (χ2n) is 5.08. The molecule has 0 saturated heterocycles. The molecule has 20 heavy (non-hydrogen) atoms. The summed E-state index contributed by atoms with van der Waals surface area (Å²) in [6.45, 7) is 0.278. The first-order valence-corrected chi connectivity index (χ1v) is 7.06. The Morgan fingerprint density at radius 2 is 1.75 bits per heavy atom. The number of methoxy groups -OCH3 is 1. The number of ether oxygens (including phenoxy) is 1. The summed E-state index contributed by atoms with van der Waals surface area (Å²) in [5, 5.41) is 29.1. The molecule has 1 saturated carbocycles. The van der Waals surface area contributed by atoms with Gasteiger partial charge in [0.1, 0.15) is 5.60 Å². The van der Waals surface area contributed by atoms with Crippen LogP contribution in [0.15, 0.2) is 11.8 Å². The van der Waals surface area contributed by atoms with E-state index in [4.69, 9.17) is 10.2 Å². The molecule has 6 heteroatoms. The first kappa shape index (κ1) is 16.9. The molecule has 0 amide bonds. The topological polar surface area (TPSA) is 90.2 Å². The van der Waals surface area contributed by atoms with Crippen molar-refractivity contribution in [2.45, 2.75) is 37.7 Å². The molecule has 1 fully saturated rings. The lowest BCUT2D eigenvalue weighted by molar-refractivity contribution is -0.135. The number of rotatable bonds is 7. The molecule has 116 valence electrons. The zero-order valence-electron chi connectivity index (χ0n) is 12.0. The summed E-state index contributed by atoms with van der Waals surface area (Å²) in [5.74, 6) is -0.542. The van der Waals surface area contributed by atoms with Crippen LogP contribution in [0.4, 0.5) is 0 Å². The SMILES string of the molecule is COC(=O)/C=C(/N(CCO)CCO)C1(O)CCCCC1. The third-order valence-corrected chi connectivity index (χ3v) is 3.69. The average molecular weight is 287 g/mol. The number of esters is 1. The van der Waals surface area contributed by atoms with Crippen molar-refractivity contribution < 1.29 is 24.9 Å². The minimum absolute atomic E-state index is 0.116. The molecule has 1 aliphatic carbocycles. The van der Waals surface area contributed by atoms with Crippen molar-refractivity contribution in [1.29, 1.82) is 0 Å². The number of hydrogen-bond acceptors (Lipinski definition) is 6. The van der Waals surface area contributed by atoms with Crippen molar-refractivity contribution in [3.63, 3.8) is 0 Å². The van der Waals surface area contributed by atoms with Gasteiger partial charge in [-0.2, -0.15) is 0 Å². The van der Waals surface area contributed by atoms with Crippen LogP contribution in [-0.4, -0.2) is 65.2 Å². The van der Waals surface area contributed by atoms with Crippen molar-refractivity contribution in [3.05, 3.63) is 11.8 Å². The molecule has 3 N–H and O–H groups in total. The van der Waals surface area contributed by atoms with Crippen molar-refractivity contribution in [3.8, 4) is 0 Å². The lowest BCUT2D eigenvalue weighted by atomic mass is 9.81. The van der Waals surface area contributed by atoms with E-state index in [0.29, 0.717) is 18.5 Å². The molecule has 0 heterocycles. The Kier molecular flexibility index (Phi) is 6.98. The molecular formula is C14H25NO5. The van der Waals surface area contributed by atoms with E-state index < -0.39 is 11.6 Å². The third kappa shape index (κ3) is 4.47. The molecule has 0 aromatic rings. The summed E-state index contributed by atoms with van der Waals surface area (Å²) in [6.07, 6.45) is 5.26. The number of nitrogens with zero attached hydrogens (tertiary/aromatic N) is 1. The van der Waals surface area contributed by atoms with Gasteiger partial charge in [-0.1, -0.05) is 19.3 Å². The van der Waals surface area contributed by atoms with Gasteiger partial charge < -0.3 is 25.0 Å². The molecule has 0 aliphatic heterocycles. The summed E-state index contributed by atoms with van der Waals surface area (Å²) in [6, 6.07) is 0. The predicted molar refractivity (Wildman–Crippen MR) is 73.9 cm³/mol. The van der Waals surface area contributed by atoms with Crippen LogP contribution >= 0.6 is 0 Å². The fourth-order valence-corrected chi connectivity index (χ4v) is 2.68. The largest absolute Gasteiger partial charge is 0.466 e. The first-order chi connectivity index (χ1) is 9.57. The van der Waals surface area contributed by atoms with Gasteiger partial charge in [-0.25, -0.2) is 4.79 Å². The van der Waals surface area contributed by atoms with Gasteiger partial charge in [0.2, 0.25) is 0 Å². The van der Waals surface area contributed by atoms with Crippen LogP contribution in [0.2, 0.25) is 0 Å². The van der Waals surface area contributed by atoms with Crippen LogP contribution in [0.25, 0.3) is 0 Å². The standard InChI is InChI=1S/C14H25NO5/c1-20-13(18)11-12(15(7-9-16)8-10-17)14(19)5-3-2-4-6-14/h11,16-17,19H,2-10H2,1H3/b12-11+. The van der Waals surface area contributed by atoms with Crippen LogP contribution in [0.1, 0.15) is 32.1 Å². The zero-order valence-corrected chi connectivity index (χ0v) is 12.0. The summed E-state index contributed by atoms with van der Waals surface area (Å²) in [4.78, 5) is 13.2. The van der Waals surface area contributed by atoms with E-state index in [9.17, 15) is 9.90 Å². The van der Waals surface area contributed by atoms with Crippen LogP contribution in [-0.2, 0) is 9.53 Å². The van der Waals surface area contributed by atoms with Crippen LogP contribution in [0.5, 0.6) is 0 Å². The molecular weight excluding hydrogens is 262 g/mol. The molecule has 0 aromatic heterocycles. The van der Waals surface area contributed by atoms with E-state index in [1.807, 2.05) is 0 Å². The molecule has 0 bridgehead atoms. The minimum atomic E-state index is -1.09. The number of hydrogen-bond donors (Lipinski definition) is 3. The van der Waals surface area contributed by atoms with Gasteiger partial charge in [0.25, 0.3) is 0 Å². The Balaban J connectivity index is 3.04. The van der Waals surface area contributed by atoms with Crippen LogP contribution in [0, 0.1) is 0 Å². The quantitative estimate of drug-likeness (QED) is 0.452. The smallest absolute Gasteiger partial charge is 0.332 e. The van der Waals surface area contributed by atoms with Gasteiger partial charge in [0.05, 0.1) is 26.0 Å². The summed E-state index contributed by atoms with van der Waals surface area (Å²) >= 11 is 0.